The monoisotopic (exact) mass is 606 g/mol. The van der Waals surface area contributed by atoms with E-state index in [0.29, 0.717) is 23.2 Å². The first-order chi connectivity index (χ1) is 19.8. The Morgan fingerprint density at radius 1 is 1.05 bits per heavy atom. The summed E-state index contributed by atoms with van der Waals surface area (Å²) in [6.45, 7) is 7.63. The maximum atomic E-state index is 14.2. The van der Waals surface area contributed by atoms with E-state index in [0.717, 1.165) is 45.5 Å². The summed E-state index contributed by atoms with van der Waals surface area (Å²) in [5.74, 6) is 0.921. The van der Waals surface area contributed by atoms with Crippen molar-refractivity contribution in [2.75, 3.05) is 13.2 Å². The number of carbonyl (C=O) groups excluding carboxylic acids is 1. The van der Waals surface area contributed by atoms with E-state index in [9.17, 15) is 4.79 Å². The predicted molar refractivity (Wildman–Crippen MR) is 166 cm³/mol. The maximum absolute atomic E-state index is 14.2. The number of fused-ring (bicyclic) bond motifs is 1. The van der Waals surface area contributed by atoms with Crippen LogP contribution in [0, 0.1) is 5.92 Å². The molecule has 1 amide bonds. The average Bonchev–Trinajstić information content (AvgIpc) is 3.65. The van der Waals surface area contributed by atoms with E-state index in [1.807, 2.05) is 53.4 Å². The quantitative estimate of drug-likeness (QED) is 0.276. The summed E-state index contributed by atoms with van der Waals surface area (Å²) in [7, 11) is 0. The fraction of sp³-hybridized carbons (Fsp3) is 0.344. The molecule has 0 spiro atoms. The highest BCUT2D eigenvalue weighted by molar-refractivity contribution is 8.18. The second-order valence-electron chi connectivity index (χ2n) is 11.1. The van der Waals surface area contributed by atoms with Gasteiger partial charge in [0.05, 0.1) is 12.1 Å². The first kappa shape index (κ1) is 28.1. The first-order valence-electron chi connectivity index (χ1n) is 13.9. The van der Waals surface area contributed by atoms with Crippen LogP contribution in [0.5, 0.6) is 5.75 Å². The molecule has 1 aromatic heterocycles. The van der Waals surface area contributed by atoms with Crippen LogP contribution in [0.4, 0.5) is 0 Å². The van der Waals surface area contributed by atoms with Crippen molar-refractivity contribution < 1.29 is 9.53 Å². The number of thioether (sulfide) groups is 1. The molecule has 0 bridgehead atoms. The Morgan fingerprint density at radius 3 is 2.37 bits per heavy atom. The number of likely N-dealkylation sites (tertiary alicyclic amines) is 1. The van der Waals surface area contributed by atoms with Crippen molar-refractivity contribution >= 4 is 46.0 Å². The average molecular weight is 608 g/mol. The van der Waals surface area contributed by atoms with Gasteiger partial charge in [-0.2, -0.15) is 0 Å². The number of amidine groups is 1. The van der Waals surface area contributed by atoms with Crippen LogP contribution in [-0.4, -0.2) is 45.1 Å². The minimum atomic E-state index is -0.593. The second-order valence-corrected chi connectivity index (χ2v) is 13.0. The molecule has 212 valence electrons. The van der Waals surface area contributed by atoms with Gasteiger partial charge in [0.15, 0.2) is 5.17 Å². The van der Waals surface area contributed by atoms with Gasteiger partial charge in [-0.1, -0.05) is 61.3 Å². The summed E-state index contributed by atoms with van der Waals surface area (Å²) >= 11 is 14.0. The lowest BCUT2D eigenvalue weighted by atomic mass is 9.81. The standard InChI is InChI=1S/C32H32Cl2N4O2S/c1-20(2)27-28(30(39)37-18-4-5-25(37)19-40-26-14-16-35-17-15-26)41-31-36-32(3,22-8-12-24(34)13-9-22)29(38(27)31)21-6-10-23(33)11-7-21/h6-17,20,25,29H,4-5,18-19H2,1-3H3/t25-,29+,32-/m0/s1. The van der Waals surface area contributed by atoms with E-state index in [4.69, 9.17) is 32.9 Å². The molecule has 3 aromatic rings. The Labute approximate surface area is 255 Å². The molecule has 6 rings (SSSR count). The molecule has 3 aliphatic rings. The number of ether oxygens (including phenoxy) is 1. The number of carbonyl (C=O) groups is 1. The van der Waals surface area contributed by atoms with Crippen LogP contribution < -0.4 is 4.74 Å². The third-order valence-electron chi connectivity index (χ3n) is 8.10. The highest BCUT2D eigenvalue weighted by Gasteiger charge is 2.53. The van der Waals surface area contributed by atoms with E-state index in [2.05, 4.69) is 42.8 Å². The molecule has 41 heavy (non-hydrogen) atoms. The molecule has 1 saturated heterocycles. The SMILES string of the molecule is CC(C)C1=C(C(=O)N2CCC[C@H]2COc2ccncc2)SC2=N[C@@](C)(c3ccc(Cl)cc3)[C@@H](c3ccc(Cl)cc3)N21. The van der Waals surface area contributed by atoms with Gasteiger partial charge in [-0.25, -0.2) is 4.99 Å². The number of nitrogens with zero attached hydrogens (tertiary/aromatic N) is 4. The summed E-state index contributed by atoms with van der Waals surface area (Å²) in [4.78, 5) is 28.7. The number of pyridine rings is 1. The zero-order chi connectivity index (χ0) is 28.7. The predicted octanol–water partition coefficient (Wildman–Crippen LogP) is 7.70. The van der Waals surface area contributed by atoms with Crippen LogP contribution in [0.25, 0.3) is 0 Å². The number of aliphatic imine (C=N–C) groups is 1. The van der Waals surface area contributed by atoms with Crippen molar-refractivity contribution in [3.05, 3.63) is 105 Å². The van der Waals surface area contributed by atoms with E-state index in [-0.39, 0.29) is 23.9 Å². The molecule has 0 unspecified atom stereocenters. The number of rotatable bonds is 7. The number of halogens is 2. The zero-order valence-electron chi connectivity index (χ0n) is 23.3. The minimum absolute atomic E-state index is 0.0148. The molecule has 0 saturated carbocycles. The number of amides is 1. The highest BCUT2D eigenvalue weighted by atomic mass is 35.5. The molecular formula is C32H32Cl2N4O2S. The van der Waals surface area contributed by atoms with Gasteiger partial charge in [-0.3, -0.25) is 9.78 Å². The van der Waals surface area contributed by atoms with E-state index in [1.165, 1.54) is 11.8 Å². The van der Waals surface area contributed by atoms with Gasteiger partial charge in [0.2, 0.25) is 0 Å². The molecular weight excluding hydrogens is 575 g/mol. The molecule has 3 aliphatic heterocycles. The van der Waals surface area contributed by atoms with Crippen molar-refractivity contribution in [1.29, 1.82) is 0 Å². The third-order valence-corrected chi connectivity index (χ3v) is 9.66. The lowest BCUT2D eigenvalue weighted by Gasteiger charge is -2.37. The second kappa shape index (κ2) is 11.3. The normalized spacial score (nSPS) is 23.8. The fourth-order valence-electron chi connectivity index (χ4n) is 6.10. The first-order valence-corrected chi connectivity index (χ1v) is 15.5. The molecule has 0 radical (unpaired) electrons. The summed E-state index contributed by atoms with van der Waals surface area (Å²) < 4.78 is 6.04. The summed E-state index contributed by atoms with van der Waals surface area (Å²) in [5.41, 5.74) is 2.57. The van der Waals surface area contributed by atoms with Crippen molar-refractivity contribution in [3.8, 4) is 5.75 Å². The number of aromatic nitrogens is 1. The minimum Gasteiger partial charge on any atom is -0.491 e. The molecule has 0 N–H and O–H groups in total. The van der Waals surface area contributed by atoms with Gasteiger partial charge in [0, 0.05) is 34.7 Å². The molecule has 2 aromatic carbocycles. The Bertz CT molecular complexity index is 1490. The summed E-state index contributed by atoms with van der Waals surface area (Å²) in [6, 6.07) is 19.4. The Kier molecular flexibility index (Phi) is 7.79. The zero-order valence-corrected chi connectivity index (χ0v) is 25.6. The third kappa shape index (κ3) is 5.24. The van der Waals surface area contributed by atoms with Crippen LogP contribution in [0.15, 0.2) is 88.7 Å². The van der Waals surface area contributed by atoms with Crippen molar-refractivity contribution in [1.82, 2.24) is 14.8 Å². The van der Waals surface area contributed by atoms with Gasteiger partial charge in [-0.15, -0.1) is 0 Å². The Balaban J connectivity index is 1.36. The summed E-state index contributed by atoms with van der Waals surface area (Å²) in [5, 5.41) is 2.21. The Hall–Kier alpha value is -3.00. The lowest BCUT2D eigenvalue weighted by Crippen LogP contribution is -2.40. The molecule has 0 aliphatic carbocycles. The van der Waals surface area contributed by atoms with Crippen molar-refractivity contribution in [2.45, 2.75) is 51.2 Å². The van der Waals surface area contributed by atoms with Crippen molar-refractivity contribution in [3.63, 3.8) is 0 Å². The Morgan fingerprint density at radius 2 is 1.71 bits per heavy atom. The van der Waals surface area contributed by atoms with Crippen LogP contribution in [0.2, 0.25) is 10.0 Å². The van der Waals surface area contributed by atoms with Crippen molar-refractivity contribution in [2.24, 2.45) is 10.9 Å². The summed E-state index contributed by atoms with van der Waals surface area (Å²) in [6.07, 6.45) is 5.30. The number of hydrogen-bond donors (Lipinski definition) is 0. The number of allylic oxidation sites excluding steroid dienone is 1. The molecule has 4 heterocycles. The van der Waals surface area contributed by atoms with Crippen LogP contribution in [0.3, 0.4) is 0 Å². The maximum Gasteiger partial charge on any atom is 0.262 e. The van der Waals surface area contributed by atoms with Gasteiger partial charge < -0.3 is 14.5 Å². The van der Waals surface area contributed by atoms with E-state index >= 15 is 0 Å². The fourth-order valence-corrected chi connectivity index (χ4v) is 7.71. The molecule has 9 heteroatoms. The van der Waals surface area contributed by atoms with Crippen LogP contribution in [0.1, 0.15) is 50.8 Å². The van der Waals surface area contributed by atoms with Gasteiger partial charge in [0.1, 0.15) is 22.8 Å². The topological polar surface area (TPSA) is 58.0 Å². The van der Waals surface area contributed by atoms with E-state index in [1.54, 1.807) is 12.4 Å². The highest BCUT2D eigenvalue weighted by Crippen LogP contribution is 2.56. The smallest absolute Gasteiger partial charge is 0.262 e. The van der Waals surface area contributed by atoms with Crippen LogP contribution in [-0.2, 0) is 10.3 Å². The largest absolute Gasteiger partial charge is 0.491 e. The van der Waals surface area contributed by atoms with E-state index < -0.39 is 5.54 Å². The molecule has 6 nitrogen and oxygen atoms in total. The van der Waals surface area contributed by atoms with Crippen LogP contribution >= 0.6 is 35.0 Å². The molecule has 3 atom stereocenters. The van der Waals surface area contributed by atoms with Gasteiger partial charge in [-0.05, 0) is 85.0 Å². The number of benzene rings is 2. The van der Waals surface area contributed by atoms with Gasteiger partial charge >= 0.3 is 0 Å². The number of hydrogen-bond acceptors (Lipinski definition) is 6. The molecule has 1 fully saturated rings. The van der Waals surface area contributed by atoms with Gasteiger partial charge in [0.25, 0.3) is 5.91 Å². The lowest BCUT2D eigenvalue weighted by molar-refractivity contribution is -0.127.